The third-order valence-electron chi connectivity index (χ3n) is 2.71. The van der Waals surface area contributed by atoms with Crippen molar-refractivity contribution in [3.05, 3.63) is 35.4 Å². The maximum absolute atomic E-state index is 10.5. The van der Waals surface area contributed by atoms with E-state index in [0.717, 1.165) is 12.0 Å². The van der Waals surface area contributed by atoms with Gasteiger partial charge < -0.3 is 9.84 Å². The van der Waals surface area contributed by atoms with Crippen molar-refractivity contribution in [2.24, 2.45) is 5.92 Å². The van der Waals surface area contributed by atoms with Crippen LogP contribution in [-0.4, -0.2) is 17.7 Å². The molecular formula is C14H20O3. The highest BCUT2D eigenvalue weighted by molar-refractivity contribution is 5.68. The predicted molar refractivity (Wildman–Crippen MR) is 67.0 cm³/mol. The Bertz CT molecular complexity index is 354. The van der Waals surface area contributed by atoms with E-state index in [0.29, 0.717) is 0 Å². The summed E-state index contributed by atoms with van der Waals surface area (Å²) in [6.45, 7) is 5.91. The Balaban J connectivity index is 2.78. The molecule has 1 aromatic rings. The number of ether oxygens (including phenoxy) is 1. The van der Waals surface area contributed by atoms with E-state index < -0.39 is 5.97 Å². The fraction of sp³-hybridized carbons (Fsp3) is 0.500. The lowest BCUT2D eigenvalue weighted by atomic mass is 9.97. The van der Waals surface area contributed by atoms with Crippen molar-refractivity contribution < 1.29 is 14.6 Å². The zero-order valence-electron chi connectivity index (χ0n) is 10.6. The average Bonchev–Trinajstić information content (AvgIpc) is 2.29. The van der Waals surface area contributed by atoms with Gasteiger partial charge in [0, 0.05) is 0 Å². The molecule has 0 amide bonds. The van der Waals surface area contributed by atoms with Crippen molar-refractivity contribution in [2.75, 3.05) is 6.61 Å². The first-order valence-corrected chi connectivity index (χ1v) is 5.96. The van der Waals surface area contributed by atoms with Crippen molar-refractivity contribution in [1.29, 1.82) is 0 Å². The number of carboxylic acids is 1. The minimum absolute atomic E-state index is 0.156. The Morgan fingerprint density at radius 1 is 1.29 bits per heavy atom. The number of rotatable bonds is 6. The number of aryl methyl sites for hydroxylation is 1. The molecule has 0 bridgehead atoms. The summed E-state index contributed by atoms with van der Waals surface area (Å²) >= 11 is 0. The second-order valence-corrected chi connectivity index (χ2v) is 4.46. The van der Waals surface area contributed by atoms with Gasteiger partial charge in [-0.2, -0.15) is 0 Å². The third-order valence-corrected chi connectivity index (χ3v) is 2.71. The molecule has 0 aliphatic rings. The molecule has 1 unspecified atom stereocenters. The summed E-state index contributed by atoms with van der Waals surface area (Å²) in [5.74, 6) is -0.678. The molecule has 1 aromatic carbocycles. The molecule has 3 heteroatoms. The van der Waals surface area contributed by atoms with Crippen LogP contribution in [-0.2, 0) is 16.0 Å². The SMILES string of the molecule is CCc1ccc(C(OCC(=O)O)C(C)C)cc1. The van der Waals surface area contributed by atoms with E-state index in [4.69, 9.17) is 9.84 Å². The van der Waals surface area contributed by atoms with Crippen LogP contribution in [0.4, 0.5) is 0 Å². The van der Waals surface area contributed by atoms with Crippen LogP contribution in [0.25, 0.3) is 0 Å². The highest BCUT2D eigenvalue weighted by Crippen LogP contribution is 2.26. The highest BCUT2D eigenvalue weighted by Gasteiger charge is 2.17. The van der Waals surface area contributed by atoms with Gasteiger partial charge in [-0.15, -0.1) is 0 Å². The Hall–Kier alpha value is -1.35. The van der Waals surface area contributed by atoms with Crippen LogP contribution in [0.1, 0.15) is 38.0 Å². The molecule has 17 heavy (non-hydrogen) atoms. The number of hydrogen-bond donors (Lipinski definition) is 1. The van der Waals surface area contributed by atoms with Crippen molar-refractivity contribution in [1.82, 2.24) is 0 Å². The lowest BCUT2D eigenvalue weighted by molar-refractivity contribution is -0.145. The molecule has 0 heterocycles. The minimum Gasteiger partial charge on any atom is -0.480 e. The molecule has 1 rings (SSSR count). The number of benzene rings is 1. The van der Waals surface area contributed by atoms with Gasteiger partial charge in [0.2, 0.25) is 0 Å². The van der Waals surface area contributed by atoms with Gasteiger partial charge in [-0.3, -0.25) is 0 Å². The Labute approximate surface area is 102 Å². The second kappa shape index (κ2) is 6.40. The predicted octanol–water partition coefficient (Wildman–Crippen LogP) is 3.05. The van der Waals surface area contributed by atoms with Gasteiger partial charge in [-0.05, 0) is 23.5 Å². The standard InChI is InChI=1S/C14H20O3/c1-4-11-5-7-12(8-6-11)14(10(2)3)17-9-13(15)16/h5-8,10,14H,4,9H2,1-3H3,(H,15,16). The summed E-state index contributed by atoms with van der Waals surface area (Å²) < 4.78 is 5.42. The zero-order chi connectivity index (χ0) is 12.8. The van der Waals surface area contributed by atoms with Gasteiger partial charge >= 0.3 is 5.97 Å². The molecule has 0 saturated heterocycles. The van der Waals surface area contributed by atoms with Gasteiger partial charge in [-0.1, -0.05) is 45.0 Å². The van der Waals surface area contributed by atoms with E-state index in [1.165, 1.54) is 5.56 Å². The quantitative estimate of drug-likeness (QED) is 0.825. The van der Waals surface area contributed by atoms with Gasteiger partial charge in [0.25, 0.3) is 0 Å². The van der Waals surface area contributed by atoms with E-state index in [2.05, 4.69) is 19.1 Å². The first-order chi connectivity index (χ1) is 8.04. The lowest BCUT2D eigenvalue weighted by Gasteiger charge is -2.21. The summed E-state index contributed by atoms with van der Waals surface area (Å²) in [5, 5.41) is 8.65. The van der Waals surface area contributed by atoms with Crippen LogP contribution >= 0.6 is 0 Å². The Morgan fingerprint density at radius 3 is 2.29 bits per heavy atom. The number of aliphatic carboxylic acids is 1. The van der Waals surface area contributed by atoms with E-state index >= 15 is 0 Å². The number of hydrogen-bond acceptors (Lipinski definition) is 2. The smallest absolute Gasteiger partial charge is 0.329 e. The molecular weight excluding hydrogens is 216 g/mol. The molecule has 0 fully saturated rings. The average molecular weight is 236 g/mol. The van der Waals surface area contributed by atoms with Crippen molar-refractivity contribution >= 4 is 5.97 Å². The Kier molecular flexibility index (Phi) is 5.16. The van der Waals surface area contributed by atoms with Crippen LogP contribution in [0.3, 0.4) is 0 Å². The zero-order valence-corrected chi connectivity index (χ0v) is 10.6. The van der Waals surface area contributed by atoms with Crippen LogP contribution in [0.5, 0.6) is 0 Å². The Morgan fingerprint density at radius 2 is 1.88 bits per heavy atom. The molecule has 0 aromatic heterocycles. The van der Waals surface area contributed by atoms with Gasteiger partial charge in [0.05, 0.1) is 6.10 Å². The van der Waals surface area contributed by atoms with Crippen LogP contribution in [0.15, 0.2) is 24.3 Å². The van der Waals surface area contributed by atoms with Gasteiger partial charge in [0.1, 0.15) is 6.61 Å². The molecule has 0 radical (unpaired) electrons. The molecule has 0 aliphatic carbocycles. The van der Waals surface area contributed by atoms with Crippen LogP contribution < -0.4 is 0 Å². The minimum atomic E-state index is -0.930. The maximum Gasteiger partial charge on any atom is 0.329 e. The van der Waals surface area contributed by atoms with Crippen LogP contribution in [0.2, 0.25) is 0 Å². The molecule has 0 saturated carbocycles. The number of carbonyl (C=O) groups is 1. The summed E-state index contributed by atoms with van der Waals surface area (Å²) in [4.78, 5) is 10.5. The van der Waals surface area contributed by atoms with Crippen molar-refractivity contribution in [3.8, 4) is 0 Å². The molecule has 94 valence electrons. The van der Waals surface area contributed by atoms with Gasteiger partial charge in [0.15, 0.2) is 0 Å². The van der Waals surface area contributed by atoms with E-state index in [1.54, 1.807) is 0 Å². The summed E-state index contributed by atoms with van der Waals surface area (Å²) in [6.07, 6.45) is 0.847. The maximum atomic E-state index is 10.5. The second-order valence-electron chi connectivity index (χ2n) is 4.46. The monoisotopic (exact) mass is 236 g/mol. The van der Waals surface area contributed by atoms with E-state index in [9.17, 15) is 4.79 Å². The first-order valence-electron chi connectivity index (χ1n) is 5.96. The molecule has 0 spiro atoms. The van der Waals surface area contributed by atoms with Crippen molar-refractivity contribution in [3.63, 3.8) is 0 Å². The number of carboxylic acid groups (broad SMARTS) is 1. The summed E-state index contributed by atoms with van der Waals surface area (Å²) in [7, 11) is 0. The summed E-state index contributed by atoms with van der Waals surface area (Å²) in [6, 6.07) is 8.17. The fourth-order valence-electron chi connectivity index (χ4n) is 1.78. The van der Waals surface area contributed by atoms with E-state index in [-0.39, 0.29) is 18.6 Å². The molecule has 1 atom stereocenters. The largest absolute Gasteiger partial charge is 0.480 e. The third kappa shape index (κ3) is 4.19. The molecule has 0 aliphatic heterocycles. The van der Waals surface area contributed by atoms with E-state index in [1.807, 2.05) is 26.0 Å². The first kappa shape index (κ1) is 13.7. The van der Waals surface area contributed by atoms with Crippen LogP contribution in [0, 0.1) is 5.92 Å². The van der Waals surface area contributed by atoms with Gasteiger partial charge in [-0.25, -0.2) is 4.79 Å². The summed E-state index contributed by atoms with van der Waals surface area (Å²) in [5.41, 5.74) is 2.31. The molecule has 3 nitrogen and oxygen atoms in total. The fourth-order valence-corrected chi connectivity index (χ4v) is 1.78. The normalized spacial score (nSPS) is 12.7. The molecule has 1 N–H and O–H groups in total. The topological polar surface area (TPSA) is 46.5 Å². The van der Waals surface area contributed by atoms with Crippen molar-refractivity contribution in [2.45, 2.75) is 33.3 Å². The lowest BCUT2D eigenvalue weighted by Crippen LogP contribution is -2.16. The highest BCUT2D eigenvalue weighted by atomic mass is 16.5.